The first-order chi connectivity index (χ1) is 10.7. The summed E-state index contributed by atoms with van der Waals surface area (Å²) in [5.41, 5.74) is 1.06. The molecule has 0 bridgehead atoms. The van der Waals surface area contributed by atoms with Crippen LogP contribution in [0.25, 0.3) is 0 Å². The molecule has 2 aromatic heterocycles. The summed E-state index contributed by atoms with van der Waals surface area (Å²) in [6.45, 7) is 3.90. The normalized spacial score (nSPS) is 18.4. The largest absolute Gasteiger partial charge is 0.372 e. The van der Waals surface area contributed by atoms with Gasteiger partial charge in [-0.05, 0) is 31.4 Å². The Morgan fingerprint density at radius 2 is 2.41 bits per heavy atom. The smallest absolute Gasteiger partial charge is 0.265 e. The molecule has 0 unspecified atom stereocenters. The van der Waals surface area contributed by atoms with Gasteiger partial charge in [-0.3, -0.25) is 9.78 Å². The zero-order valence-electron chi connectivity index (χ0n) is 12.6. The minimum absolute atomic E-state index is 0.0697. The number of piperidine rings is 1. The van der Waals surface area contributed by atoms with E-state index in [4.69, 9.17) is 4.74 Å². The number of amides is 1. The number of rotatable bonds is 4. The number of aromatic nitrogens is 2. The first-order valence-corrected chi connectivity index (χ1v) is 8.26. The van der Waals surface area contributed by atoms with Crippen LogP contribution in [-0.4, -0.2) is 40.0 Å². The van der Waals surface area contributed by atoms with Gasteiger partial charge in [-0.1, -0.05) is 6.07 Å². The predicted octanol–water partition coefficient (Wildman–Crippen LogP) is 2.67. The highest BCUT2D eigenvalue weighted by Gasteiger charge is 2.26. The lowest BCUT2D eigenvalue weighted by molar-refractivity contribution is -0.00668. The second kappa shape index (κ2) is 6.98. The Kier molecular flexibility index (Phi) is 4.80. The van der Waals surface area contributed by atoms with Crippen molar-refractivity contribution in [3.05, 3.63) is 46.2 Å². The molecule has 1 fully saturated rings. The van der Waals surface area contributed by atoms with Crippen molar-refractivity contribution in [3.63, 3.8) is 0 Å². The molecule has 1 amide bonds. The molecule has 1 aliphatic heterocycles. The van der Waals surface area contributed by atoms with Crippen LogP contribution >= 0.6 is 11.3 Å². The summed E-state index contributed by atoms with van der Waals surface area (Å²) >= 11 is 1.45. The zero-order valence-corrected chi connectivity index (χ0v) is 13.4. The Morgan fingerprint density at radius 3 is 3.14 bits per heavy atom. The maximum Gasteiger partial charge on any atom is 0.265 e. The number of carbonyl (C=O) groups is 1. The van der Waals surface area contributed by atoms with Crippen molar-refractivity contribution in [2.75, 3.05) is 13.1 Å². The van der Waals surface area contributed by atoms with Crippen LogP contribution in [-0.2, 0) is 11.3 Å². The van der Waals surface area contributed by atoms with Crippen LogP contribution < -0.4 is 0 Å². The quantitative estimate of drug-likeness (QED) is 0.870. The van der Waals surface area contributed by atoms with Crippen molar-refractivity contribution in [3.8, 4) is 0 Å². The Morgan fingerprint density at radius 1 is 1.50 bits per heavy atom. The minimum atomic E-state index is 0.0697. The fourth-order valence-electron chi connectivity index (χ4n) is 2.57. The zero-order chi connectivity index (χ0) is 15.4. The average molecular weight is 317 g/mol. The van der Waals surface area contributed by atoms with Gasteiger partial charge in [0.05, 0.1) is 23.9 Å². The van der Waals surface area contributed by atoms with Crippen molar-refractivity contribution in [2.24, 2.45) is 0 Å². The first-order valence-electron chi connectivity index (χ1n) is 7.44. The summed E-state index contributed by atoms with van der Waals surface area (Å²) in [4.78, 5) is 23.3. The van der Waals surface area contributed by atoms with Crippen LogP contribution in [0, 0.1) is 6.92 Å². The Balaban J connectivity index is 1.56. The molecule has 22 heavy (non-hydrogen) atoms. The van der Waals surface area contributed by atoms with E-state index in [0.29, 0.717) is 18.0 Å². The number of nitrogens with zero attached hydrogens (tertiary/aromatic N) is 3. The molecule has 2 aromatic rings. The maximum absolute atomic E-state index is 12.5. The monoisotopic (exact) mass is 317 g/mol. The molecule has 0 N–H and O–H groups in total. The number of hydrogen-bond acceptors (Lipinski definition) is 5. The summed E-state index contributed by atoms with van der Waals surface area (Å²) in [6, 6.07) is 3.90. The highest BCUT2D eigenvalue weighted by Crippen LogP contribution is 2.20. The van der Waals surface area contributed by atoms with Crippen LogP contribution in [0.1, 0.15) is 33.1 Å². The van der Waals surface area contributed by atoms with Gasteiger partial charge in [-0.15, -0.1) is 11.3 Å². The summed E-state index contributed by atoms with van der Waals surface area (Å²) in [7, 11) is 0. The molecule has 0 aliphatic carbocycles. The third-order valence-corrected chi connectivity index (χ3v) is 4.61. The first kappa shape index (κ1) is 15.1. The molecule has 0 aromatic carbocycles. The van der Waals surface area contributed by atoms with Crippen LogP contribution in [0.5, 0.6) is 0 Å². The lowest BCUT2D eigenvalue weighted by atomic mass is 10.1. The fraction of sp³-hybridized carbons (Fsp3) is 0.438. The maximum atomic E-state index is 12.5. The van der Waals surface area contributed by atoms with Gasteiger partial charge in [-0.2, -0.15) is 0 Å². The van der Waals surface area contributed by atoms with E-state index < -0.39 is 0 Å². The summed E-state index contributed by atoms with van der Waals surface area (Å²) in [5.74, 6) is 0.0697. The fourth-order valence-corrected chi connectivity index (χ4v) is 3.32. The van der Waals surface area contributed by atoms with E-state index >= 15 is 0 Å². The molecule has 5 nitrogen and oxygen atoms in total. The Hall–Kier alpha value is -1.79. The van der Waals surface area contributed by atoms with Crippen LogP contribution in [0.15, 0.2) is 30.7 Å². The Bertz CT molecular complexity index is 629. The van der Waals surface area contributed by atoms with Crippen molar-refractivity contribution < 1.29 is 9.53 Å². The van der Waals surface area contributed by atoms with Gasteiger partial charge in [0, 0.05) is 25.5 Å². The molecule has 3 heterocycles. The Labute approximate surface area is 134 Å². The average Bonchev–Trinajstić information content (AvgIpc) is 3.00. The van der Waals surface area contributed by atoms with Crippen molar-refractivity contribution >= 4 is 17.2 Å². The van der Waals surface area contributed by atoms with E-state index in [0.717, 1.165) is 30.0 Å². The molecule has 3 rings (SSSR count). The van der Waals surface area contributed by atoms with Gasteiger partial charge in [0.2, 0.25) is 0 Å². The van der Waals surface area contributed by atoms with Crippen molar-refractivity contribution in [1.82, 2.24) is 14.9 Å². The molecule has 0 saturated carbocycles. The summed E-state index contributed by atoms with van der Waals surface area (Å²) in [5, 5.41) is 0.921. The van der Waals surface area contributed by atoms with Crippen LogP contribution in [0.3, 0.4) is 0 Å². The molecule has 1 atom stereocenters. The van der Waals surface area contributed by atoms with E-state index in [1.165, 1.54) is 11.3 Å². The van der Waals surface area contributed by atoms with Gasteiger partial charge < -0.3 is 9.64 Å². The van der Waals surface area contributed by atoms with E-state index in [-0.39, 0.29) is 12.0 Å². The van der Waals surface area contributed by atoms with E-state index in [2.05, 4.69) is 9.97 Å². The third-order valence-electron chi connectivity index (χ3n) is 3.71. The SMILES string of the molecule is Cc1ncc(C(=O)N2CCC[C@H](OCc3cccnc3)C2)s1. The summed E-state index contributed by atoms with van der Waals surface area (Å²) < 4.78 is 5.94. The van der Waals surface area contributed by atoms with Crippen molar-refractivity contribution in [2.45, 2.75) is 32.5 Å². The minimum Gasteiger partial charge on any atom is -0.372 e. The number of thiazole rings is 1. The van der Waals surface area contributed by atoms with E-state index in [1.54, 1.807) is 12.4 Å². The number of ether oxygens (including phenoxy) is 1. The third kappa shape index (κ3) is 3.69. The molecule has 116 valence electrons. The molecule has 0 spiro atoms. The van der Waals surface area contributed by atoms with E-state index in [1.807, 2.05) is 30.2 Å². The van der Waals surface area contributed by atoms with Crippen molar-refractivity contribution in [1.29, 1.82) is 0 Å². The molecule has 1 aliphatic rings. The van der Waals surface area contributed by atoms with Gasteiger partial charge in [0.25, 0.3) is 5.91 Å². The van der Waals surface area contributed by atoms with Gasteiger partial charge in [-0.25, -0.2) is 4.98 Å². The second-order valence-electron chi connectivity index (χ2n) is 5.43. The van der Waals surface area contributed by atoms with Crippen LogP contribution in [0.2, 0.25) is 0 Å². The number of likely N-dealkylation sites (tertiary alicyclic amines) is 1. The number of carbonyl (C=O) groups excluding carboxylic acids is 1. The van der Waals surface area contributed by atoms with Gasteiger partial charge in [0.1, 0.15) is 4.88 Å². The lowest BCUT2D eigenvalue weighted by Crippen LogP contribution is -2.43. The molecule has 6 heteroatoms. The highest BCUT2D eigenvalue weighted by molar-refractivity contribution is 7.13. The predicted molar refractivity (Wildman–Crippen MR) is 84.8 cm³/mol. The van der Waals surface area contributed by atoms with Crippen LogP contribution in [0.4, 0.5) is 0 Å². The molecule has 1 saturated heterocycles. The van der Waals surface area contributed by atoms with Gasteiger partial charge in [0.15, 0.2) is 0 Å². The molecular weight excluding hydrogens is 298 g/mol. The second-order valence-corrected chi connectivity index (χ2v) is 6.67. The molecule has 0 radical (unpaired) electrons. The molecular formula is C16H19N3O2S. The standard InChI is InChI=1S/C16H19N3O2S/c1-12-18-9-15(22-12)16(20)19-7-3-5-14(10-19)21-11-13-4-2-6-17-8-13/h2,4,6,8-9,14H,3,5,7,10-11H2,1H3/t14-/m0/s1. The van der Waals surface area contributed by atoms with Gasteiger partial charge >= 0.3 is 0 Å². The number of aryl methyl sites for hydroxylation is 1. The highest BCUT2D eigenvalue weighted by atomic mass is 32.1. The number of hydrogen-bond donors (Lipinski definition) is 0. The van der Waals surface area contributed by atoms with E-state index in [9.17, 15) is 4.79 Å². The lowest BCUT2D eigenvalue weighted by Gasteiger charge is -2.32. The topological polar surface area (TPSA) is 55.3 Å². The number of pyridine rings is 1. The summed E-state index contributed by atoms with van der Waals surface area (Å²) in [6.07, 6.45) is 7.29.